The summed E-state index contributed by atoms with van der Waals surface area (Å²) < 4.78 is 0. The maximum absolute atomic E-state index is 12.6. The molecule has 1 fully saturated rings. The highest BCUT2D eigenvalue weighted by molar-refractivity contribution is 5.95. The Labute approximate surface area is 130 Å². The van der Waals surface area contributed by atoms with Crippen molar-refractivity contribution in [3.63, 3.8) is 0 Å². The smallest absolute Gasteiger partial charge is 0.251 e. The maximum Gasteiger partial charge on any atom is 0.251 e. The molecule has 2 aromatic rings. The molecule has 0 bridgehead atoms. The van der Waals surface area contributed by atoms with Gasteiger partial charge in [-0.05, 0) is 44.4 Å². The summed E-state index contributed by atoms with van der Waals surface area (Å²) in [4.78, 5) is 12.6. The molecule has 0 radical (unpaired) electrons. The van der Waals surface area contributed by atoms with Crippen LogP contribution in [0.3, 0.4) is 0 Å². The molecule has 1 atom stereocenters. The molecule has 0 saturated carbocycles. The van der Waals surface area contributed by atoms with Crippen LogP contribution in [0, 0.1) is 13.8 Å². The minimum absolute atomic E-state index is 0.0116. The van der Waals surface area contributed by atoms with E-state index in [9.17, 15) is 4.79 Å². The van der Waals surface area contributed by atoms with Crippen molar-refractivity contribution in [2.24, 2.45) is 0 Å². The monoisotopic (exact) mass is 298 g/mol. The molecule has 3 N–H and O–H groups in total. The second kappa shape index (κ2) is 6.32. The van der Waals surface area contributed by atoms with Gasteiger partial charge in [-0.1, -0.05) is 18.2 Å². The average molecular weight is 298 g/mol. The van der Waals surface area contributed by atoms with Gasteiger partial charge < -0.3 is 10.6 Å². The molecule has 2 heterocycles. The van der Waals surface area contributed by atoms with Gasteiger partial charge in [-0.3, -0.25) is 9.89 Å². The fraction of sp³-hybridized carbons (Fsp3) is 0.412. The van der Waals surface area contributed by atoms with Crippen molar-refractivity contribution in [1.82, 2.24) is 20.8 Å². The van der Waals surface area contributed by atoms with Crippen LogP contribution in [-0.2, 0) is 6.54 Å². The van der Waals surface area contributed by atoms with E-state index < -0.39 is 0 Å². The Kier molecular flexibility index (Phi) is 4.24. The van der Waals surface area contributed by atoms with Crippen molar-refractivity contribution in [3.05, 3.63) is 52.3 Å². The molecule has 1 aromatic carbocycles. The number of carbonyl (C=O) groups excluding carboxylic acids is 1. The lowest BCUT2D eigenvalue weighted by molar-refractivity contribution is 0.0949. The zero-order valence-electron chi connectivity index (χ0n) is 13.1. The van der Waals surface area contributed by atoms with Crippen molar-refractivity contribution in [1.29, 1.82) is 0 Å². The number of benzene rings is 1. The van der Waals surface area contributed by atoms with E-state index in [1.165, 1.54) is 0 Å². The predicted octanol–water partition coefficient (Wildman–Crippen LogP) is 2.03. The lowest BCUT2D eigenvalue weighted by Gasteiger charge is -2.14. The first kappa shape index (κ1) is 14.8. The average Bonchev–Trinajstić information content (AvgIpc) is 3.16. The van der Waals surface area contributed by atoms with Gasteiger partial charge in [-0.2, -0.15) is 5.10 Å². The molecule has 22 heavy (non-hydrogen) atoms. The van der Waals surface area contributed by atoms with Crippen LogP contribution in [0.1, 0.15) is 45.2 Å². The summed E-state index contributed by atoms with van der Waals surface area (Å²) >= 11 is 0. The summed E-state index contributed by atoms with van der Waals surface area (Å²) in [5.74, 6) is 0.418. The van der Waals surface area contributed by atoms with Crippen LogP contribution in [0.5, 0.6) is 0 Å². The molecule has 5 nitrogen and oxygen atoms in total. The molecule has 1 aliphatic rings. The van der Waals surface area contributed by atoms with Gasteiger partial charge in [0.2, 0.25) is 0 Å². The number of aryl methyl sites for hydroxylation is 2. The van der Waals surface area contributed by atoms with Crippen molar-refractivity contribution in [3.8, 4) is 0 Å². The van der Waals surface area contributed by atoms with E-state index >= 15 is 0 Å². The number of aromatic amines is 1. The van der Waals surface area contributed by atoms with E-state index in [1.807, 2.05) is 32.0 Å². The number of hydrogen-bond donors (Lipinski definition) is 3. The highest BCUT2D eigenvalue weighted by Gasteiger charge is 2.22. The number of H-pyrrole nitrogens is 1. The standard InChI is InChI=1S/C17H22N4O/c1-11-16(12(2)21-20-11)10-19-17(22)15-6-4-3-5-14(15)13-7-8-18-9-13/h3-6,13,18H,7-10H2,1-2H3,(H,19,22)(H,20,21). The quantitative estimate of drug-likeness (QED) is 0.809. The number of aromatic nitrogens is 2. The molecule has 3 rings (SSSR count). The molecule has 5 heteroatoms. The van der Waals surface area contributed by atoms with Gasteiger partial charge in [-0.25, -0.2) is 0 Å². The van der Waals surface area contributed by atoms with Crippen molar-refractivity contribution >= 4 is 5.91 Å². The molecule has 1 unspecified atom stereocenters. The Morgan fingerprint density at radius 3 is 2.86 bits per heavy atom. The van der Waals surface area contributed by atoms with Gasteiger partial charge in [0.15, 0.2) is 0 Å². The summed E-state index contributed by atoms with van der Waals surface area (Å²) in [6.45, 7) is 6.39. The van der Waals surface area contributed by atoms with Crippen LogP contribution in [0.4, 0.5) is 0 Å². The maximum atomic E-state index is 12.6. The number of nitrogens with one attached hydrogen (secondary N) is 3. The second-order valence-corrected chi connectivity index (χ2v) is 5.87. The van der Waals surface area contributed by atoms with Gasteiger partial charge >= 0.3 is 0 Å². The molecular weight excluding hydrogens is 276 g/mol. The fourth-order valence-corrected chi connectivity index (χ4v) is 3.08. The Bertz CT molecular complexity index is 652. The molecular formula is C17H22N4O. The Balaban J connectivity index is 1.75. The van der Waals surface area contributed by atoms with E-state index in [2.05, 4.69) is 26.9 Å². The van der Waals surface area contributed by atoms with E-state index in [1.54, 1.807) is 0 Å². The van der Waals surface area contributed by atoms with E-state index in [0.29, 0.717) is 12.5 Å². The number of hydrogen-bond acceptors (Lipinski definition) is 3. The fourth-order valence-electron chi connectivity index (χ4n) is 3.08. The summed E-state index contributed by atoms with van der Waals surface area (Å²) in [6, 6.07) is 7.92. The van der Waals surface area contributed by atoms with Crippen molar-refractivity contribution in [2.75, 3.05) is 13.1 Å². The third kappa shape index (κ3) is 2.90. The first-order valence-electron chi connectivity index (χ1n) is 7.75. The minimum Gasteiger partial charge on any atom is -0.348 e. The molecule has 0 aliphatic carbocycles. The number of rotatable bonds is 4. The summed E-state index contributed by atoms with van der Waals surface area (Å²) in [5.41, 5.74) is 4.94. The van der Waals surface area contributed by atoms with Gasteiger partial charge in [0.25, 0.3) is 5.91 Å². The normalized spacial score (nSPS) is 17.6. The summed E-state index contributed by atoms with van der Waals surface area (Å²) in [5, 5.41) is 13.5. The first-order chi connectivity index (χ1) is 10.7. The third-order valence-electron chi connectivity index (χ3n) is 4.41. The van der Waals surface area contributed by atoms with Gasteiger partial charge in [0.1, 0.15) is 0 Å². The molecule has 1 saturated heterocycles. The van der Waals surface area contributed by atoms with Crippen LogP contribution in [0.2, 0.25) is 0 Å². The largest absolute Gasteiger partial charge is 0.348 e. The zero-order chi connectivity index (χ0) is 15.5. The molecule has 0 spiro atoms. The minimum atomic E-state index is -0.0116. The van der Waals surface area contributed by atoms with Crippen LogP contribution in [-0.4, -0.2) is 29.2 Å². The summed E-state index contributed by atoms with van der Waals surface area (Å²) in [6.07, 6.45) is 1.09. The Morgan fingerprint density at radius 2 is 2.18 bits per heavy atom. The highest BCUT2D eigenvalue weighted by atomic mass is 16.1. The van der Waals surface area contributed by atoms with Crippen LogP contribution in [0.15, 0.2) is 24.3 Å². The lowest BCUT2D eigenvalue weighted by atomic mass is 9.93. The van der Waals surface area contributed by atoms with Gasteiger partial charge in [0, 0.05) is 29.9 Å². The molecule has 1 amide bonds. The SMILES string of the molecule is Cc1n[nH]c(C)c1CNC(=O)c1ccccc1C1CCNC1. The van der Waals surface area contributed by atoms with E-state index in [0.717, 1.165) is 47.6 Å². The summed E-state index contributed by atoms with van der Waals surface area (Å²) in [7, 11) is 0. The zero-order valence-corrected chi connectivity index (χ0v) is 13.1. The molecule has 116 valence electrons. The van der Waals surface area contributed by atoms with E-state index in [-0.39, 0.29) is 5.91 Å². The third-order valence-corrected chi connectivity index (χ3v) is 4.41. The second-order valence-electron chi connectivity index (χ2n) is 5.87. The van der Waals surface area contributed by atoms with Crippen molar-refractivity contribution < 1.29 is 4.79 Å². The van der Waals surface area contributed by atoms with Gasteiger partial charge in [-0.15, -0.1) is 0 Å². The number of nitrogens with zero attached hydrogens (tertiary/aromatic N) is 1. The van der Waals surface area contributed by atoms with Crippen LogP contribution in [0.25, 0.3) is 0 Å². The molecule has 1 aromatic heterocycles. The van der Waals surface area contributed by atoms with Crippen LogP contribution < -0.4 is 10.6 Å². The van der Waals surface area contributed by atoms with E-state index in [4.69, 9.17) is 0 Å². The lowest BCUT2D eigenvalue weighted by Crippen LogP contribution is -2.25. The van der Waals surface area contributed by atoms with Gasteiger partial charge in [0.05, 0.1) is 5.69 Å². The Morgan fingerprint density at radius 1 is 1.36 bits per heavy atom. The highest BCUT2D eigenvalue weighted by Crippen LogP contribution is 2.25. The predicted molar refractivity (Wildman–Crippen MR) is 85.9 cm³/mol. The molecule has 1 aliphatic heterocycles. The number of carbonyl (C=O) groups is 1. The number of amides is 1. The van der Waals surface area contributed by atoms with Crippen molar-refractivity contribution in [2.45, 2.75) is 32.7 Å². The first-order valence-corrected chi connectivity index (χ1v) is 7.75. The topological polar surface area (TPSA) is 69.8 Å². The van der Waals surface area contributed by atoms with Crippen LogP contribution >= 0.6 is 0 Å². The Hall–Kier alpha value is -2.14.